The molecule has 0 aliphatic rings. The fourth-order valence-corrected chi connectivity index (χ4v) is 3.13. The van der Waals surface area contributed by atoms with Gasteiger partial charge in [0, 0.05) is 23.7 Å². The Morgan fingerprint density at radius 1 is 1.20 bits per heavy atom. The number of thiophene rings is 1. The first-order valence-electron chi connectivity index (χ1n) is 7.32. The molecule has 0 aliphatic carbocycles. The van der Waals surface area contributed by atoms with Crippen molar-refractivity contribution in [2.75, 3.05) is 18.0 Å². The molecule has 1 aromatic heterocycles. The molecule has 0 atom stereocenters. The Bertz CT molecular complexity index is 520. The summed E-state index contributed by atoms with van der Waals surface area (Å²) in [5.74, 6) is 0. The molecule has 1 N–H and O–H groups in total. The minimum Gasteiger partial charge on any atom is -0.366 e. The average Bonchev–Trinajstić information content (AvgIpc) is 2.96. The SMILES string of the molecule is CCNCc1ccc(N(CC)Cc2cccs2)c(C)c1. The molecule has 0 amide bonds. The molecule has 1 aromatic carbocycles. The number of anilines is 1. The van der Waals surface area contributed by atoms with Gasteiger partial charge in [0.1, 0.15) is 0 Å². The third kappa shape index (κ3) is 3.84. The summed E-state index contributed by atoms with van der Waals surface area (Å²) in [6.07, 6.45) is 0. The zero-order chi connectivity index (χ0) is 14.4. The van der Waals surface area contributed by atoms with E-state index in [1.807, 2.05) is 11.3 Å². The number of rotatable bonds is 7. The van der Waals surface area contributed by atoms with Crippen LogP contribution in [0.5, 0.6) is 0 Å². The van der Waals surface area contributed by atoms with Gasteiger partial charge in [-0.1, -0.05) is 25.1 Å². The highest BCUT2D eigenvalue weighted by Gasteiger charge is 2.09. The molecule has 0 fully saturated rings. The Hall–Kier alpha value is -1.32. The minimum absolute atomic E-state index is 0.953. The van der Waals surface area contributed by atoms with Crippen LogP contribution in [0.2, 0.25) is 0 Å². The first-order chi connectivity index (χ1) is 9.74. The van der Waals surface area contributed by atoms with Crippen LogP contribution in [-0.4, -0.2) is 13.1 Å². The van der Waals surface area contributed by atoms with Crippen LogP contribution in [0.4, 0.5) is 5.69 Å². The van der Waals surface area contributed by atoms with E-state index in [0.717, 1.165) is 26.2 Å². The number of nitrogens with one attached hydrogen (secondary N) is 1. The van der Waals surface area contributed by atoms with E-state index < -0.39 is 0 Å². The summed E-state index contributed by atoms with van der Waals surface area (Å²) in [5.41, 5.74) is 4.07. The second-order valence-corrected chi connectivity index (χ2v) is 6.03. The van der Waals surface area contributed by atoms with E-state index in [1.165, 1.54) is 21.7 Å². The summed E-state index contributed by atoms with van der Waals surface area (Å²) < 4.78 is 0. The van der Waals surface area contributed by atoms with Gasteiger partial charge < -0.3 is 10.2 Å². The zero-order valence-corrected chi connectivity index (χ0v) is 13.5. The molecule has 0 bridgehead atoms. The van der Waals surface area contributed by atoms with Gasteiger partial charge in [0.25, 0.3) is 0 Å². The summed E-state index contributed by atoms with van der Waals surface area (Å²) >= 11 is 1.83. The molecule has 0 saturated carbocycles. The van der Waals surface area contributed by atoms with Crippen molar-refractivity contribution in [1.29, 1.82) is 0 Å². The molecule has 2 rings (SSSR count). The van der Waals surface area contributed by atoms with Crippen LogP contribution in [0.1, 0.15) is 29.9 Å². The maximum atomic E-state index is 3.38. The Labute approximate surface area is 126 Å². The van der Waals surface area contributed by atoms with Crippen LogP contribution in [0, 0.1) is 6.92 Å². The van der Waals surface area contributed by atoms with Crippen molar-refractivity contribution in [3.05, 3.63) is 51.7 Å². The smallest absolute Gasteiger partial charge is 0.0522 e. The van der Waals surface area contributed by atoms with Crippen LogP contribution in [0.15, 0.2) is 35.7 Å². The fraction of sp³-hybridized carbons (Fsp3) is 0.412. The highest BCUT2D eigenvalue weighted by atomic mass is 32.1. The van der Waals surface area contributed by atoms with E-state index in [1.54, 1.807) is 0 Å². The summed E-state index contributed by atoms with van der Waals surface area (Å²) in [4.78, 5) is 3.86. The van der Waals surface area contributed by atoms with Crippen molar-refractivity contribution in [3.63, 3.8) is 0 Å². The Kier molecular flexibility index (Phi) is 5.62. The largest absolute Gasteiger partial charge is 0.366 e. The lowest BCUT2D eigenvalue weighted by atomic mass is 10.1. The summed E-state index contributed by atoms with van der Waals surface area (Å²) in [6, 6.07) is 11.1. The zero-order valence-electron chi connectivity index (χ0n) is 12.6. The molecule has 3 heteroatoms. The molecule has 2 aromatic rings. The predicted molar refractivity (Wildman–Crippen MR) is 89.6 cm³/mol. The highest BCUT2D eigenvalue weighted by Crippen LogP contribution is 2.24. The van der Waals surface area contributed by atoms with Crippen molar-refractivity contribution in [2.24, 2.45) is 0 Å². The van der Waals surface area contributed by atoms with Crippen molar-refractivity contribution in [1.82, 2.24) is 5.32 Å². The van der Waals surface area contributed by atoms with Crippen molar-refractivity contribution in [3.8, 4) is 0 Å². The predicted octanol–water partition coefficient (Wildman–Crippen LogP) is 4.19. The van der Waals surface area contributed by atoms with Crippen molar-refractivity contribution < 1.29 is 0 Å². The van der Waals surface area contributed by atoms with Gasteiger partial charge in [-0.15, -0.1) is 11.3 Å². The monoisotopic (exact) mass is 288 g/mol. The molecule has 0 unspecified atom stereocenters. The number of benzene rings is 1. The van der Waals surface area contributed by atoms with E-state index in [2.05, 4.69) is 66.7 Å². The number of nitrogens with zero attached hydrogens (tertiary/aromatic N) is 1. The molecular formula is C17H24N2S. The number of hydrogen-bond acceptors (Lipinski definition) is 3. The summed E-state index contributed by atoms with van der Waals surface area (Å²) in [6.45, 7) is 10.6. The first kappa shape index (κ1) is 15.1. The topological polar surface area (TPSA) is 15.3 Å². The quantitative estimate of drug-likeness (QED) is 0.821. The molecule has 1 heterocycles. The number of aryl methyl sites for hydroxylation is 1. The highest BCUT2D eigenvalue weighted by molar-refractivity contribution is 7.09. The summed E-state index contributed by atoms with van der Waals surface area (Å²) in [5, 5.41) is 5.53. The lowest BCUT2D eigenvalue weighted by Gasteiger charge is -2.25. The maximum Gasteiger partial charge on any atom is 0.0522 e. The fourth-order valence-electron chi connectivity index (χ4n) is 2.41. The van der Waals surface area contributed by atoms with Crippen LogP contribution >= 0.6 is 11.3 Å². The van der Waals surface area contributed by atoms with Crippen LogP contribution < -0.4 is 10.2 Å². The second kappa shape index (κ2) is 7.46. The van der Waals surface area contributed by atoms with Gasteiger partial charge in [-0.25, -0.2) is 0 Å². The second-order valence-electron chi connectivity index (χ2n) is 4.99. The minimum atomic E-state index is 0.953. The van der Waals surface area contributed by atoms with Crippen molar-refractivity contribution >= 4 is 17.0 Å². The van der Waals surface area contributed by atoms with Gasteiger partial charge in [0.15, 0.2) is 0 Å². The van der Waals surface area contributed by atoms with E-state index in [0.29, 0.717) is 0 Å². The molecule has 0 radical (unpaired) electrons. The van der Waals surface area contributed by atoms with Gasteiger partial charge in [-0.2, -0.15) is 0 Å². The third-order valence-corrected chi connectivity index (χ3v) is 4.35. The molecule has 2 nitrogen and oxygen atoms in total. The number of hydrogen-bond donors (Lipinski definition) is 1. The average molecular weight is 288 g/mol. The first-order valence-corrected chi connectivity index (χ1v) is 8.20. The molecule has 0 aliphatic heterocycles. The van der Waals surface area contributed by atoms with Gasteiger partial charge in [0.2, 0.25) is 0 Å². The molecular weight excluding hydrogens is 264 g/mol. The molecule has 108 valence electrons. The lowest BCUT2D eigenvalue weighted by molar-refractivity contribution is 0.726. The van der Waals surface area contributed by atoms with Gasteiger partial charge in [-0.3, -0.25) is 0 Å². The normalized spacial score (nSPS) is 10.8. The van der Waals surface area contributed by atoms with Crippen LogP contribution in [0.25, 0.3) is 0 Å². The maximum absolute atomic E-state index is 3.38. The Morgan fingerprint density at radius 3 is 2.65 bits per heavy atom. The standard InChI is InChI=1S/C17H24N2S/c1-4-18-12-15-8-9-17(14(3)11-15)19(5-2)13-16-7-6-10-20-16/h6-11,18H,4-5,12-13H2,1-3H3. The summed E-state index contributed by atoms with van der Waals surface area (Å²) in [7, 11) is 0. The third-order valence-electron chi connectivity index (χ3n) is 3.49. The molecule has 0 saturated heterocycles. The molecule has 0 spiro atoms. The van der Waals surface area contributed by atoms with E-state index >= 15 is 0 Å². The van der Waals surface area contributed by atoms with E-state index in [9.17, 15) is 0 Å². The lowest BCUT2D eigenvalue weighted by Crippen LogP contribution is -2.22. The molecule has 20 heavy (non-hydrogen) atoms. The van der Waals surface area contributed by atoms with Gasteiger partial charge in [0.05, 0.1) is 6.54 Å². The van der Waals surface area contributed by atoms with Crippen LogP contribution in [-0.2, 0) is 13.1 Å². The van der Waals surface area contributed by atoms with Crippen LogP contribution in [0.3, 0.4) is 0 Å². The Morgan fingerprint density at radius 2 is 2.05 bits per heavy atom. The van der Waals surface area contributed by atoms with E-state index in [-0.39, 0.29) is 0 Å². The van der Waals surface area contributed by atoms with Gasteiger partial charge in [-0.05, 0) is 49.0 Å². The Balaban J connectivity index is 2.13. The van der Waals surface area contributed by atoms with E-state index in [4.69, 9.17) is 0 Å². The van der Waals surface area contributed by atoms with Crippen molar-refractivity contribution in [2.45, 2.75) is 33.9 Å². The van der Waals surface area contributed by atoms with Gasteiger partial charge >= 0.3 is 0 Å².